The fourth-order valence-corrected chi connectivity index (χ4v) is 5.50. The molecule has 0 radical (unpaired) electrons. The van der Waals surface area contributed by atoms with Crippen LogP contribution in [0.4, 0.5) is 13.9 Å². The molecule has 1 fully saturated rings. The SMILES string of the molecule is Cc1ccc(C2CCNCC2COc2cc(F)c(S(=O)(=O)Nc3ncns3)cc2F)cc1. The minimum atomic E-state index is -4.36. The fraction of sp³-hybridized carbons (Fsp3) is 0.333. The maximum atomic E-state index is 14.6. The Labute approximate surface area is 189 Å². The predicted octanol–water partition coefficient (Wildman–Crippen LogP) is 3.70. The lowest BCUT2D eigenvalue weighted by Gasteiger charge is -2.32. The molecule has 3 aromatic rings. The van der Waals surface area contributed by atoms with E-state index in [1.807, 2.05) is 6.92 Å². The molecule has 2 N–H and O–H groups in total. The van der Waals surface area contributed by atoms with Crippen LogP contribution in [0.1, 0.15) is 23.5 Å². The molecule has 1 aliphatic heterocycles. The molecule has 2 aromatic carbocycles. The van der Waals surface area contributed by atoms with Gasteiger partial charge in [-0.1, -0.05) is 29.8 Å². The average molecular weight is 481 g/mol. The Morgan fingerprint density at radius 1 is 1.22 bits per heavy atom. The third-order valence-electron chi connectivity index (χ3n) is 5.43. The molecule has 2 unspecified atom stereocenters. The Balaban J connectivity index is 1.49. The van der Waals surface area contributed by atoms with Crippen molar-refractivity contribution in [1.82, 2.24) is 14.7 Å². The minimum Gasteiger partial charge on any atom is -0.490 e. The number of benzene rings is 2. The second-order valence-corrected chi connectivity index (χ2v) is 10.1. The van der Waals surface area contributed by atoms with Crippen molar-refractivity contribution in [3.05, 3.63) is 65.5 Å². The van der Waals surface area contributed by atoms with Crippen LogP contribution in [0.25, 0.3) is 0 Å². The summed E-state index contributed by atoms with van der Waals surface area (Å²) in [5.41, 5.74) is 2.35. The molecule has 0 aliphatic carbocycles. The molecule has 1 saturated heterocycles. The summed E-state index contributed by atoms with van der Waals surface area (Å²) in [5.74, 6) is -2.13. The van der Waals surface area contributed by atoms with Crippen LogP contribution in [-0.2, 0) is 10.0 Å². The lowest BCUT2D eigenvalue weighted by Crippen LogP contribution is -2.38. The molecule has 1 aromatic heterocycles. The first-order valence-electron chi connectivity index (χ1n) is 10.0. The summed E-state index contributed by atoms with van der Waals surface area (Å²) in [4.78, 5) is 2.86. The van der Waals surface area contributed by atoms with Crippen molar-refractivity contribution in [3.8, 4) is 5.75 Å². The Hall–Kier alpha value is -2.63. The lowest BCUT2D eigenvalue weighted by molar-refractivity contribution is 0.190. The van der Waals surface area contributed by atoms with E-state index in [1.165, 1.54) is 11.1 Å². The Morgan fingerprint density at radius 2 is 2.00 bits per heavy atom. The van der Waals surface area contributed by atoms with E-state index in [0.717, 1.165) is 36.9 Å². The number of halogens is 2. The topological polar surface area (TPSA) is 93.2 Å². The number of aromatic nitrogens is 2. The number of nitrogens with zero attached hydrogens (tertiary/aromatic N) is 2. The van der Waals surface area contributed by atoms with E-state index < -0.39 is 26.6 Å². The molecule has 7 nitrogen and oxygen atoms in total. The number of hydrogen-bond donors (Lipinski definition) is 2. The van der Waals surface area contributed by atoms with Crippen LogP contribution in [0.3, 0.4) is 0 Å². The van der Waals surface area contributed by atoms with Gasteiger partial charge in [0.1, 0.15) is 17.0 Å². The number of hydrogen-bond acceptors (Lipinski definition) is 7. The van der Waals surface area contributed by atoms with Crippen LogP contribution in [0.5, 0.6) is 5.75 Å². The lowest BCUT2D eigenvalue weighted by atomic mass is 9.81. The molecule has 0 bridgehead atoms. The van der Waals surface area contributed by atoms with Crippen molar-refractivity contribution in [3.63, 3.8) is 0 Å². The van der Waals surface area contributed by atoms with Gasteiger partial charge < -0.3 is 10.1 Å². The molecule has 0 spiro atoms. The molecule has 4 rings (SSSR count). The van der Waals surface area contributed by atoms with Crippen molar-refractivity contribution in [1.29, 1.82) is 0 Å². The molecule has 170 valence electrons. The summed E-state index contributed by atoms with van der Waals surface area (Å²) in [6, 6.07) is 9.66. The summed E-state index contributed by atoms with van der Waals surface area (Å²) in [6.45, 7) is 3.74. The summed E-state index contributed by atoms with van der Waals surface area (Å²) in [5, 5.41) is 3.27. The van der Waals surface area contributed by atoms with E-state index in [9.17, 15) is 17.2 Å². The van der Waals surface area contributed by atoms with E-state index in [1.54, 1.807) is 0 Å². The zero-order valence-corrected chi connectivity index (χ0v) is 18.8. The number of piperidine rings is 1. The van der Waals surface area contributed by atoms with Crippen molar-refractivity contribution in [2.75, 3.05) is 24.4 Å². The first-order chi connectivity index (χ1) is 15.3. The highest BCUT2D eigenvalue weighted by atomic mass is 32.2. The number of anilines is 1. The third-order valence-corrected chi connectivity index (χ3v) is 7.49. The highest BCUT2D eigenvalue weighted by Crippen LogP contribution is 2.32. The summed E-state index contributed by atoms with van der Waals surface area (Å²) in [6.07, 6.45) is 2.06. The Kier molecular flexibility index (Phi) is 6.68. The van der Waals surface area contributed by atoms with E-state index in [-0.39, 0.29) is 29.3 Å². The van der Waals surface area contributed by atoms with Crippen LogP contribution in [0.15, 0.2) is 47.6 Å². The van der Waals surface area contributed by atoms with Gasteiger partial charge in [-0.2, -0.15) is 4.37 Å². The maximum absolute atomic E-state index is 14.6. The molecule has 11 heteroatoms. The highest BCUT2D eigenvalue weighted by Gasteiger charge is 2.28. The van der Waals surface area contributed by atoms with Crippen LogP contribution < -0.4 is 14.8 Å². The van der Waals surface area contributed by atoms with Gasteiger partial charge in [0.15, 0.2) is 11.6 Å². The normalized spacial score (nSPS) is 19.0. The standard InChI is InChI=1S/C21H22F2N4O3S2/c1-13-2-4-14(5-3-13)16-6-7-24-10-15(16)11-30-19-8-18(23)20(9-17(19)22)32(28,29)27-21-25-12-26-31-21/h2-5,8-9,12,15-16,24H,6-7,10-11H2,1H3,(H,25,26,27). The monoisotopic (exact) mass is 480 g/mol. The molecular formula is C21H22F2N4O3S2. The molecule has 2 atom stereocenters. The average Bonchev–Trinajstić information content (AvgIpc) is 3.27. The van der Waals surface area contributed by atoms with Crippen LogP contribution in [0.2, 0.25) is 0 Å². The Bertz CT molecular complexity index is 1170. The van der Waals surface area contributed by atoms with Gasteiger partial charge in [-0.3, -0.25) is 4.72 Å². The number of rotatable bonds is 7. The molecular weight excluding hydrogens is 458 g/mol. The summed E-state index contributed by atoms with van der Waals surface area (Å²) in [7, 11) is -4.36. The zero-order valence-electron chi connectivity index (χ0n) is 17.2. The first kappa shape index (κ1) is 22.6. The van der Waals surface area contributed by atoms with Crippen molar-refractivity contribution >= 4 is 26.7 Å². The fourth-order valence-electron chi connectivity index (χ4n) is 3.76. The number of sulfonamides is 1. The van der Waals surface area contributed by atoms with Gasteiger partial charge in [-0.05, 0) is 31.4 Å². The Morgan fingerprint density at radius 3 is 2.72 bits per heavy atom. The van der Waals surface area contributed by atoms with Gasteiger partial charge >= 0.3 is 0 Å². The van der Waals surface area contributed by atoms with Crippen LogP contribution in [0, 0.1) is 24.5 Å². The van der Waals surface area contributed by atoms with E-state index >= 15 is 0 Å². The van der Waals surface area contributed by atoms with Gasteiger partial charge in [0.25, 0.3) is 10.0 Å². The number of nitrogens with one attached hydrogen (secondary N) is 2. The predicted molar refractivity (Wildman–Crippen MR) is 117 cm³/mol. The highest BCUT2D eigenvalue weighted by molar-refractivity contribution is 7.93. The molecule has 32 heavy (non-hydrogen) atoms. The molecule has 2 heterocycles. The maximum Gasteiger partial charge on any atom is 0.266 e. The van der Waals surface area contributed by atoms with E-state index in [2.05, 4.69) is 43.7 Å². The largest absolute Gasteiger partial charge is 0.490 e. The summed E-state index contributed by atoms with van der Waals surface area (Å²) < 4.78 is 65.3. The molecule has 0 amide bonds. The zero-order chi connectivity index (χ0) is 22.7. The van der Waals surface area contributed by atoms with Crippen molar-refractivity contribution in [2.45, 2.75) is 24.2 Å². The van der Waals surface area contributed by atoms with Gasteiger partial charge in [-0.25, -0.2) is 22.2 Å². The van der Waals surface area contributed by atoms with Gasteiger partial charge in [0, 0.05) is 36.1 Å². The third kappa shape index (κ3) is 5.05. The molecule has 1 aliphatic rings. The van der Waals surface area contributed by atoms with Gasteiger partial charge in [0.2, 0.25) is 5.13 Å². The van der Waals surface area contributed by atoms with E-state index in [0.29, 0.717) is 12.6 Å². The quantitative estimate of drug-likeness (QED) is 0.536. The van der Waals surface area contributed by atoms with E-state index in [4.69, 9.17) is 4.74 Å². The summed E-state index contributed by atoms with van der Waals surface area (Å²) >= 11 is 0.782. The first-order valence-corrected chi connectivity index (χ1v) is 12.3. The second kappa shape index (κ2) is 9.47. The minimum absolute atomic E-state index is 0.0444. The number of aryl methyl sites for hydroxylation is 1. The van der Waals surface area contributed by atoms with Crippen molar-refractivity contribution in [2.24, 2.45) is 5.92 Å². The second-order valence-electron chi connectivity index (χ2n) is 7.65. The molecule has 0 saturated carbocycles. The van der Waals surface area contributed by atoms with Crippen LogP contribution in [-0.4, -0.2) is 37.5 Å². The van der Waals surface area contributed by atoms with Gasteiger partial charge in [-0.15, -0.1) is 0 Å². The smallest absolute Gasteiger partial charge is 0.266 e. The number of ether oxygens (including phenoxy) is 1. The van der Waals surface area contributed by atoms with Crippen LogP contribution >= 0.6 is 11.5 Å². The van der Waals surface area contributed by atoms with Crippen molar-refractivity contribution < 1.29 is 21.9 Å². The van der Waals surface area contributed by atoms with Gasteiger partial charge in [0.05, 0.1) is 6.61 Å².